The largest absolute Gasteiger partial charge is 0.342 e. The standard InChI is InChI=1S/C24H36N2O2/c1-24(2,3)23(28)25-16-14-20(15-17-25)22(27)26(21-11-7-8-12-21)18-13-19-9-5-4-6-10-19/h4-6,9-10,20-21H,7-8,11-18H2,1-3H3. The third kappa shape index (κ3) is 5.15. The maximum absolute atomic E-state index is 13.4. The number of hydrogen-bond acceptors (Lipinski definition) is 2. The van der Waals surface area contributed by atoms with Crippen LogP contribution < -0.4 is 0 Å². The van der Waals surface area contributed by atoms with Crippen LogP contribution in [0.5, 0.6) is 0 Å². The van der Waals surface area contributed by atoms with Gasteiger partial charge in [0.25, 0.3) is 0 Å². The fraction of sp³-hybridized carbons (Fsp3) is 0.667. The molecule has 154 valence electrons. The molecule has 0 radical (unpaired) electrons. The minimum Gasteiger partial charge on any atom is -0.342 e. The molecule has 2 fully saturated rings. The van der Waals surface area contributed by atoms with Crippen molar-refractivity contribution in [2.24, 2.45) is 11.3 Å². The topological polar surface area (TPSA) is 40.6 Å². The van der Waals surface area contributed by atoms with Crippen molar-refractivity contribution < 1.29 is 9.59 Å². The Morgan fingerprint density at radius 1 is 1.00 bits per heavy atom. The van der Waals surface area contributed by atoms with E-state index in [4.69, 9.17) is 0 Å². The van der Waals surface area contributed by atoms with Crippen LogP contribution in [0.1, 0.15) is 64.9 Å². The molecule has 1 aliphatic carbocycles. The predicted octanol–water partition coefficient (Wildman–Crippen LogP) is 4.29. The summed E-state index contributed by atoms with van der Waals surface area (Å²) in [5, 5.41) is 0. The van der Waals surface area contributed by atoms with Crippen LogP contribution in [0.4, 0.5) is 0 Å². The van der Waals surface area contributed by atoms with Gasteiger partial charge in [-0.15, -0.1) is 0 Å². The third-order valence-electron chi connectivity index (χ3n) is 6.31. The fourth-order valence-corrected chi connectivity index (χ4v) is 4.62. The minimum atomic E-state index is -0.345. The number of rotatable bonds is 5. The number of piperidine rings is 1. The first-order valence-electron chi connectivity index (χ1n) is 11.0. The zero-order valence-electron chi connectivity index (χ0n) is 17.8. The molecule has 1 heterocycles. The first-order chi connectivity index (χ1) is 13.4. The second kappa shape index (κ2) is 9.11. The van der Waals surface area contributed by atoms with Gasteiger partial charge in [0, 0.05) is 37.0 Å². The van der Waals surface area contributed by atoms with Crippen molar-refractivity contribution in [2.75, 3.05) is 19.6 Å². The molecule has 2 aliphatic rings. The molecular weight excluding hydrogens is 348 g/mol. The molecule has 0 spiro atoms. The predicted molar refractivity (Wildman–Crippen MR) is 113 cm³/mol. The molecule has 28 heavy (non-hydrogen) atoms. The van der Waals surface area contributed by atoms with Crippen LogP contribution in [0, 0.1) is 11.3 Å². The van der Waals surface area contributed by atoms with Crippen molar-refractivity contribution in [3.63, 3.8) is 0 Å². The van der Waals surface area contributed by atoms with Crippen LogP contribution >= 0.6 is 0 Å². The van der Waals surface area contributed by atoms with Crippen molar-refractivity contribution in [3.05, 3.63) is 35.9 Å². The summed E-state index contributed by atoms with van der Waals surface area (Å²) in [5.41, 5.74) is 0.950. The summed E-state index contributed by atoms with van der Waals surface area (Å²) in [6.07, 6.45) is 7.27. The molecule has 0 atom stereocenters. The Bertz CT molecular complexity index is 651. The molecule has 0 aromatic heterocycles. The second-order valence-electron chi connectivity index (χ2n) is 9.52. The SMILES string of the molecule is CC(C)(C)C(=O)N1CCC(C(=O)N(CCc2ccccc2)C2CCCC2)CC1. The highest BCUT2D eigenvalue weighted by Crippen LogP contribution is 2.29. The average molecular weight is 385 g/mol. The van der Waals surface area contributed by atoms with E-state index in [0.29, 0.717) is 25.0 Å². The lowest BCUT2D eigenvalue weighted by Gasteiger charge is -2.38. The van der Waals surface area contributed by atoms with E-state index in [2.05, 4.69) is 29.2 Å². The van der Waals surface area contributed by atoms with Gasteiger partial charge in [-0.05, 0) is 37.7 Å². The van der Waals surface area contributed by atoms with Gasteiger partial charge in [-0.1, -0.05) is 63.9 Å². The maximum Gasteiger partial charge on any atom is 0.227 e. The number of benzene rings is 1. The molecule has 3 rings (SSSR count). The third-order valence-corrected chi connectivity index (χ3v) is 6.31. The van der Waals surface area contributed by atoms with Gasteiger partial charge in [-0.3, -0.25) is 9.59 Å². The molecule has 1 aromatic carbocycles. The summed E-state index contributed by atoms with van der Waals surface area (Å²) in [6.45, 7) is 8.15. The van der Waals surface area contributed by atoms with E-state index in [1.165, 1.54) is 18.4 Å². The lowest BCUT2D eigenvalue weighted by molar-refractivity contribution is -0.145. The van der Waals surface area contributed by atoms with Crippen LogP contribution in [-0.4, -0.2) is 47.3 Å². The number of likely N-dealkylation sites (tertiary alicyclic amines) is 1. The van der Waals surface area contributed by atoms with E-state index in [0.717, 1.165) is 38.6 Å². The van der Waals surface area contributed by atoms with E-state index in [1.54, 1.807) is 0 Å². The molecule has 2 amide bonds. The van der Waals surface area contributed by atoms with Crippen LogP contribution in [0.15, 0.2) is 30.3 Å². The average Bonchev–Trinajstić information content (AvgIpc) is 3.22. The molecule has 1 aliphatic heterocycles. The summed E-state index contributed by atoms with van der Waals surface area (Å²) in [4.78, 5) is 30.1. The molecule has 0 unspecified atom stereocenters. The zero-order chi connectivity index (χ0) is 20.1. The van der Waals surface area contributed by atoms with E-state index in [-0.39, 0.29) is 17.2 Å². The van der Waals surface area contributed by atoms with Gasteiger partial charge in [0.05, 0.1) is 0 Å². The van der Waals surface area contributed by atoms with Crippen molar-refractivity contribution in [1.29, 1.82) is 0 Å². The fourth-order valence-electron chi connectivity index (χ4n) is 4.62. The molecule has 1 saturated carbocycles. The van der Waals surface area contributed by atoms with Gasteiger partial charge in [-0.25, -0.2) is 0 Å². The van der Waals surface area contributed by atoms with E-state index >= 15 is 0 Å². The summed E-state index contributed by atoms with van der Waals surface area (Å²) in [7, 11) is 0. The second-order valence-corrected chi connectivity index (χ2v) is 9.52. The van der Waals surface area contributed by atoms with Gasteiger partial charge in [0.1, 0.15) is 0 Å². The molecule has 1 saturated heterocycles. The molecule has 0 bridgehead atoms. The van der Waals surface area contributed by atoms with E-state index in [1.807, 2.05) is 31.7 Å². The molecule has 1 aromatic rings. The Labute approximate surface area is 170 Å². The molecule has 0 N–H and O–H groups in total. The Balaban J connectivity index is 1.60. The van der Waals surface area contributed by atoms with Crippen LogP contribution in [0.3, 0.4) is 0 Å². The Morgan fingerprint density at radius 3 is 2.18 bits per heavy atom. The van der Waals surface area contributed by atoms with Crippen molar-refractivity contribution >= 4 is 11.8 Å². The Morgan fingerprint density at radius 2 is 1.61 bits per heavy atom. The minimum absolute atomic E-state index is 0.0698. The number of carbonyl (C=O) groups is 2. The van der Waals surface area contributed by atoms with Crippen molar-refractivity contribution in [2.45, 2.75) is 71.8 Å². The normalized spacial score (nSPS) is 19.0. The summed E-state index contributed by atoms with van der Waals surface area (Å²) >= 11 is 0. The molecular formula is C24H36N2O2. The molecule has 4 nitrogen and oxygen atoms in total. The first-order valence-corrected chi connectivity index (χ1v) is 11.0. The van der Waals surface area contributed by atoms with Gasteiger partial charge in [0.15, 0.2) is 0 Å². The molecule has 4 heteroatoms. The van der Waals surface area contributed by atoms with E-state index in [9.17, 15) is 9.59 Å². The van der Waals surface area contributed by atoms with Crippen LogP contribution in [-0.2, 0) is 16.0 Å². The lowest BCUT2D eigenvalue weighted by atomic mass is 9.90. The number of nitrogens with zero attached hydrogens (tertiary/aromatic N) is 2. The van der Waals surface area contributed by atoms with Gasteiger partial charge < -0.3 is 9.80 Å². The van der Waals surface area contributed by atoms with Crippen molar-refractivity contribution in [3.8, 4) is 0 Å². The first kappa shape index (κ1) is 20.9. The van der Waals surface area contributed by atoms with Crippen molar-refractivity contribution in [1.82, 2.24) is 9.80 Å². The van der Waals surface area contributed by atoms with Crippen LogP contribution in [0.25, 0.3) is 0 Å². The Kier molecular flexibility index (Phi) is 6.79. The zero-order valence-corrected chi connectivity index (χ0v) is 17.8. The van der Waals surface area contributed by atoms with Gasteiger partial charge in [-0.2, -0.15) is 0 Å². The quantitative estimate of drug-likeness (QED) is 0.760. The highest BCUT2D eigenvalue weighted by atomic mass is 16.2. The number of amides is 2. The summed E-state index contributed by atoms with van der Waals surface area (Å²) in [6, 6.07) is 10.9. The van der Waals surface area contributed by atoms with Gasteiger partial charge >= 0.3 is 0 Å². The number of carbonyl (C=O) groups excluding carboxylic acids is 2. The highest BCUT2D eigenvalue weighted by Gasteiger charge is 2.36. The lowest BCUT2D eigenvalue weighted by Crippen LogP contribution is -2.49. The Hall–Kier alpha value is -1.84. The highest BCUT2D eigenvalue weighted by molar-refractivity contribution is 5.83. The van der Waals surface area contributed by atoms with Gasteiger partial charge in [0.2, 0.25) is 11.8 Å². The monoisotopic (exact) mass is 384 g/mol. The number of hydrogen-bond donors (Lipinski definition) is 0. The van der Waals surface area contributed by atoms with Crippen LogP contribution in [0.2, 0.25) is 0 Å². The summed E-state index contributed by atoms with van der Waals surface area (Å²) in [5.74, 6) is 0.598. The summed E-state index contributed by atoms with van der Waals surface area (Å²) < 4.78 is 0. The smallest absolute Gasteiger partial charge is 0.227 e. The van der Waals surface area contributed by atoms with E-state index < -0.39 is 0 Å². The maximum atomic E-state index is 13.4.